The summed E-state index contributed by atoms with van der Waals surface area (Å²) in [6, 6.07) is 8.27. The van der Waals surface area contributed by atoms with Crippen LogP contribution in [0.1, 0.15) is 30.6 Å². The third-order valence-corrected chi connectivity index (χ3v) is 3.07. The van der Waals surface area contributed by atoms with Crippen LogP contribution in [0.15, 0.2) is 42.6 Å². The molecule has 0 bridgehead atoms. The summed E-state index contributed by atoms with van der Waals surface area (Å²) in [5.41, 5.74) is 1.20. The molecular formula is C15H14F3NO. The van der Waals surface area contributed by atoms with Gasteiger partial charge in [0.05, 0.1) is 17.4 Å². The number of rotatable bonds is 3. The highest BCUT2D eigenvalue weighted by molar-refractivity contribution is 5.59. The molecule has 0 saturated carbocycles. The fourth-order valence-corrected chi connectivity index (χ4v) is 1.84. The molecule has 2 nitrogen and oxygen atoms in total. The summed E-state index contributed by atoms with van der Waals surface area (Å²) in [6.45, 7) is 1.86. The Kier molecular flexibility index (Phi) is 4.09. The third kappa shape index (κ3) is 3.17. The minimum Gasteiger partial charge on any atom is -0.388 e. The summed E-state index contributed by atoms with van der Waals surface area (Å²) in [5, 5.41) is 9.65. The largest absolute Gasteiger partial charge is 0.416 e. The van der Waals surface area contributed by atoms with Gasteiger partial charge in [0.2, 0.25) is 0 Å². The van der Waals surface area contributed by atoms with Gasteiger partial charge >= 0.3 is 6.18 Å². The standard InChI is InChI=1S/C15H14F3NO/c1-2-14(20)11-5-8-13(19-9-11)10-3-6-12(7-4-10)15(16,17)18/h3-9,14,20H,2H2,1H3/t14-/m1/s1. The van der Waals surface area contributed by atoms with Crippen molar-refractivity contribution in [2.24, 2.45) is 0 Å². The van der Waals surface area contributed by atoms with Crippen LogP contribution in [0.4, 0.5) is 13.2 Å². The van der Waals surface area contributed by atoms with E-state index in [-0.39, 0.29) is 0 Å². The molecule has 2 aromatic rings. The molecule has 1 aromatic heterocycles. The van der Waals surface area contributed by atoms with Gasteiger partial charge in [0.15, 0.2) is 0 Å². The lowest BCUT2D eigenvalue weighted by molar-refractivity contribution is -0.137. The van der Waals surface area contributed by atoms with Gasteiger partial charge in [0.1, 0.15) is 0 Å². The number of hydrogen-bond donors (Lipinski definition) is 1. The molecule has 1 heterocycles. The van der Waals surface area contributed by atoms with Crippen molar-refractivity contribution in [3.05, 3.63) is 53.7 Å². The molecule has 0 saturated heterocycles. The average Bonchev–Trinajstić information content (AvgIpc) is 2.46. The number of pyridine rings is 1. The normalized spacial score (nSPS) is 13.2. The van der Waals surface area contributed by atoms with E-state index in [1.165, 1.54) is 12.1 Å². The first kappa shape index (κ1) is 14.5. The maximum atomic E-state index is 12.5. The number of alkyl halides is 3. The molecule has 5 heteroatoms. The van der Waals surface area contributed by atoms with Gasteiger partial charge in [-0.1, -0.05) is 25.1 Å². The van der Waals surface area contributed by atoms with Crippen LogP contribution in [-0.4, -0.2) is 10.1 Å². The van der Waals surface area contributed by atoms with Gasteiger partial charge in [-0.05, 0) is 30.2 Å². The van der Waals surface area contributed by atoms with E-state index in [2.05, 4.69) is 4.98 Å². The van der Waals surface area contributed by atoms with Gasteiger partial charge in [-0.25, -0.2) is 0 Å². The molecule has 0 amide bonds. The van der Waals surface area contributed by atoms with E-state index in [4.69, 9.17) is 0 Å². The van der Waals surface area contributed by atoms with E-state index in [0.29, 0.717) is 23.2 Å². The van der Waals surface area contributed by atoms with Gasteiger partial charge in [-0.3, -0.25) is 4.98 Å². The van der Waals surface area contributed by atoms with E-state index in [1.54, 1.807) is 18.3 Å². The van der Waals surface area contributed by atoms with Crippen LogP contribution in [-0.2, 0) is 6.18 Å². The van der Waals surface area contributed by atoms with Crippen LogP contribution in [0.5, 0.6) is 0 Å². The zero-order valence-corrected chi connectivity index (χ0v) is 10.9. The van der Waals surface area contributed by atoms with Crippen LogP contribution < -0.4 is 0 Å². The van der Waals surface area contributed by atoms with E-state index in [1.807, 2.05) is 6.92 Å². The van der Waals surface area contributed by atoms with Gasteiger partial charge in [-0.2, -0.15) is 13.2 Å². The lowest BCUT2D eigenvalue weighted by Crippen LogP contribution is -2.04. The Hall–Kier alpha value is -1.88. The summed E-state index contributed by atoms with van der Waals surface area (Å²) in [4.78, 5) is 4.17. The lowest BCUT2D eigenvalue weighted by Gasteiger charge is -2.09. The first-order valence-corrected chi connectivity index (χ1v) is 6.23. The first-order chi connectivity index (χ1) is 9.41. The zero-order chi connectivity index (χ0) is 14.8. The number of benzene rings is 1. The average molecular weight is 281 g/mol. The van der Waals surface area contributed by atoms with Gasteiger partial charge in [0, 0.05) is 11.8 Å². The number of aliphatic hydroxyl groups is 1. The molecule has 0 aliphatic rings. The lowest BCUT2D eigenvalue weighted by atomic mass is 10.1. The van der Waals surface area contributed by atoms with Crippen molar-refractivity contribution in [2.75, 3.05) is 0 Å². The highest BCUT2D eigenvalue weighted by Gasteiger charge is 2.29. The predicted octanol–water partition coefficient (Wildman–Crippen LogP) is 4.21. The molecule has 0 aliphatic carbocycles. The minimum absolute atomic E-state index is 0.566. The Bertz CT molecular complexity index is 561. The fourth-order valence-electron chi connectivity index (χ4n) is 1.84. The third-order valence-electron chi connectivity index (χ3n) is 3.07. The second-order valence-electron chi connectivity index (χ2n) is 4.48. The molecule has 2 rings (SSSR count). The first-order valence-electron chi connectivity index (χ1n) is 6.23. The van der Waals surface area contributed by atoms with Crippen LogP contribution in [0.3, 0.4) is 0 Å². The summed E-state index contributed by atoms with van der Waals surface area (Å²) < 4.78 is 37.4. The van der Waals surface area contributed by atoms with Gasteiger partial charge in [0.25, 0.3) is 0 Å². The van der Waals surface area contributed by atoms with E-state index >= 15 is 0 Å². The predicted molar refractivity (Wildman–Crippen MR) is 69.9 cm³/mol. The second kappa shape index (κ2) is 5.63. The molecule has 0 spiro atoms. The Labute approximate surface area is 114 Å². The van der Waals surface area contributed by atoms with Crippen LogP contribution in [0.2, 0.25) is 0 Å². The molecule has 106 valence electrons. The molecule has 0 radical (unpaired) electrons. The quantitative estimate of drug-likeness (QED) is 0.914. The van der Waals surface area contributed by atoms with Crippen LogP contribution in [0, 0.1) is 0 Å². The van der Waals surface area contributed by atoms with Crippen molar-refractivity contribution in [3.63, 3.8) is 0 Å². The summed E-state index contributed by atoms with van der Waals surface area (Å²) in [5.74, 6) is 0. The van der Waals surface area contributed by atoms with Crippen molar-refractivity contribution in [1.29, 1.82) is 0 Å². The monoisotopic (exact) mass is 281 g/mol. The Balaban J connectivity index is 2.24. The smallest absolute Gasteiger partial charge is 0.388 e. The summed E-state index contributed by atoms with van der Waals surface area (Å²) >= 11 is 0. The van der Waals surface area contributed by atoms with Gasteiger partial charge in [-0.15, -0.1) is 0 Å². The number of hydrogen-bond acceptors (Lipinski definition) is 2. The molecule has 20 heavy (non-hydrogen) atoms. The Morgan fingerprint density at radius 1 is 1.10 bits per heavy atom. The minimum atomic E-state index is -4.33. The van der Waals surface area contributed by atoms with E-state index in [9.17, 15) is 18.3 Å². The molecule has 0 fully saturated rings. The second-order valence-corrected chi connectivity index (χ2v) is 4.48. The van der Waals surface area contributed by atoms with Gasteiger partial charge < -0.3 is 5.11 Å². The molecule has 1 N–H and O–H groups in total. The molecular weight excluding hydrogens is 267 g/mol. The number of aliphatic hydroxyl groups excluding tert-OH is 1. The summed E-state index contributed by atoms with van der Waals surface area (Å²) in [6.07, 6.45) is -2.77. The number of aromatic nitrogens is 1. The van der Waals surface area contributed by atoms with Crippen LogP contribution >= 0.6 is 0 Å². The molecule has 1 aromatic carbocycles. The van der Waals surface area contributed by atoms with Crippen molar-refractivity contribution in [2.45, 2.75) is 25.6 Å². The van der Waals surface area contributed by atoms with E-state index < -0.39 is 17.8 Å². The maximum Gasteiger partial charge on any atom is 0.416 e. The maximum absolute atomic E-state index is 12.5. The highest BCUT2D eigenvalue weighted by atomic mass is 19.4. The zero-order valence-electron chi connectivity index (χ0n) is 10.9. The SMILES string of the molecule is CC[C@@H](O)c1ccc(-c2ccc(C(F)(F)F)cc2)nc1. The fraction of sp³-hybridized carbons (Fsp3) is 0.267. The van der Waals surface area contributed by atoms with Crippen molar-refractivity contribution >= 4 is 0 Å². The van der Waals surface area contributed by atoms with Crippen molar-refractivity contribution < 1.29 is 18.3 Å². The highest BCUT2D eigenvalue weighted by Crippen LogP contribution is 2.30. The van der Waals surface area contributed by atoms with Crippen molar-refractivity contribution in [3.8, 4) is 11.3 Å². The number of nitrogens with zero attached hydrogens (tertiary/aromatic N) is 1. The molecule has 1 atom stereocenters. The van der Waals surface area contributed by atoms with E-state index in [0.717, 1.165) is 12.1 Å². The number of halogens is 3. The van der Waals surface area contributed by atoms with Crippen LogP contribution in [0.25, 0.3) is 11.3 Å². The summed E-state index contributed by atoms with van der Waals surface area (Å²) in [7, 11) is 0. The molecule has 0 unspecified atom stereocenters. The Morgan fingerprint density at radius 2 is 1.75 bits per heavy atom. The van der Waals surface area contributed by atoms with Crippen molar-refractivity contribution in [1.82, 2.24) is 4.98 Å². The Morgan fingerprint density at radius 3 is 2.20 bits per heavy atom. The molecule has 0 aliphatic heterocycles. The topological polar surface area (TPSA) is 33.1 Å².